The maximum absolute atomic E-state index is 4.96. The molecule has 1 N–H and O–H groups in total. The summed E-state index contributed by atoms with van der Waals surface area (Å²) >= 11 is 3.58. The summed E-state index contributed by atoms with van der Waals surface area (Å²) < 4.78 is 1.06. The SMILES string of the molecule is C=CCC1c2cc(Br)ccc2N=C(N2CCNCC2)N1N=C(C)C. The van der Waals surface area contributed by atoms with Crippen molar-refractivity contribution in [1.29, 1.82) is 0 Å². The van der Waals surface area contributed by atoms with E-state index in [0.29, 0.717) is 0 Å². The zero-order valence-corrected chi connectivity index (χ0v) is 15.9. The van der Waals surface area contributed by atoms with Crippen LogP contribution in [0.25, 0.3) is 0 Å². The fourth-order valence-corrected chi connectivity index (χ4v) is 3.50. The lowest BCUT2D eigenvalue weighted by atomic mass is 9.99. The monoisotopic (exact) mass is 389 g/mol. The highest BCUT2D eigenvalue weighted by Gasteiger charge is 2.33. The molecule has 1 atom stereocenters. The van der Waals surface area contributed by atoms with Crippen molar-refractivity contribution in [1.82, 2.24) is 15.2 Å². The summed E-state index contributed by atoms with van der Waals surface area (Å²) in [5, 5.41) is 10.3. The van der Waals surface area contributed by atoms with Crippen LogP contribution in [0.5, 0.6) is 0 Å². The summed E-state index contributed by atoms with van der Waals surface area (Å²) in [5.74, 6) is 0.944. The van der Waals surface area contributed by atoms with E-state index in [2.05, 4.69) is 49.9 Å². The van der Waals surface area contributed by atoms with Crippen LogP contribution in [0.4, 0.5) is 5.69 Å². The Hall–Kier alpha value is -1.66. The van der Waals surface area contributed by atoms with Crippen LogP contribution in [0.1, 0.15) is 31.9 Å². The van der Waals surface area contributed by atoms with Gasteiger partial charge in [-0.05, 0) is 38.5 Å². The molecule has 0 amide bonds. The second-order valence-electron chi connectivity index (χ2n) is 6.28. The molecule has 0 aromatic heterocycles. The fourth-order valence-electron chi connectivity index (χ4n) is 3.12. The van der Waals surface area contributed by atoms with Gasteiger partial charge in [-0.3, -0.25) is 0 Å². The van der Waals surface area contributed by atoms with Gasteiger partial charge in [0, 0.05) is 41.9 Å². The van der Waals surface area contributed by atoms with Crippen LogP contribution >= 0.6 is 15.9 Å². The molecule has 2 heterocycles. The fraction of sp³-hybridized carbons (Fsp3) is 0.444. The molecule has 1 unspecified atom stereocenters. The number of nitrogens with zero attached hydrogens (tertiary/aromatic N) is 4. The number of rotatable bonds is 3. The molecular formula is C18H24BrN5. The molecule has 1 saturated heterocycles. The van der Waals surface area contributed by atoms with Crippen molar-refractivity contribution in [3.8, 4) is 0 Å². The average Bonchev–Trinajstić information content (AvgIpc) is 2.57. The number of hydrogen-bond acceptors (Lipinski definition) is 5. The Labute approximate surface area is 152 Å². The lowest BCUT2D eigenvalue weighted by Crippen LogP contribution is -2.52. The van der Waals surface area contributed by atoms with E-state index in [0.717, 1.165) is 54.4 Å². The molecule has 0 saturated carbocycles. The zero-order chi connectivity index (χ0) is 17.1. The maximum Gasteiger partial charge on any atom is 0.223 e. The quantitative estimate of drug-likeness (QED) is 0.633. The Balaban J connectivity index is 2.10. The van der Waals surface area contributed by atoms with E-state index in [9.17, 15) is 0 Å². The Morgan fingerprint density at radius 3 is 2.83 bits per heavy atom. The Bertz CT molecular complexity index is 672. The summed E-state index contributed by atoms with van der Waals surface area (Å²) in [6, 6.07) is 6.39. The van der Waals surface area contributed by atoms with E-state index >= 15 is 0 Å². The van der Waals surface area contributed by atoms with Crippen LogP contribution in [-0.4, -0.2) is 47.8 Å². The molecule has 1 aromatic rings. The molecule has 0 bridgehead atoms. The van der Waals surface area contributed by atoms with Crippen molar-refractivity contribution in [3.05, 3.63) is 40.9 Å². The van der Waals surface area contributed by atoms with Crippen molar-refractivity contribution in [2.24, 2.45) is 10.1 Å². The van der Waals surface area contributed by atoms with Crippen LogP contribution in [-0.2, 0) is 0 Å². The topological polar surface area (TPSA) is 43.2 Å². The lowest BCUT2D eigenvalue weighted by Gasteiger charge is -2.40. The average molecular weight is 390 g/mol. The van der Waals surface area contributed by atoms with Crippen molar-refractivity contribution in [2.45, 2.75) is 26.3 Å². The van der Waals surface area contributed by atoms with E-state index in [1.807, 2.05) is 26.0 Å². The molecule has 2 aliphatic heterocycles. The molecule has 6 heteroatoms. The van der Waals surface area contributed by atoms with Gasteiger partial charge >= 0.3 is 0 Å². The van der Waals surface area contributed by atoms with Crippen LogP contribution in [0.15, 0.2) is 45.4 Å². The molecule has 128 valence electrons. The molecule has 5 nitrogen and oxygen atoms in total. The summed E-state index contributed by atoms with van der Waals surface area (Å²) in [6.45, 7) is 11.8. The summed E-state index contributed by atoms with van der Waals surface area (Å²) in [5.41, 5.74) is 3.23. The number of piperazine rings is 1. The number of hydrogen-bond donors (Lipinski definition) is 1. The minimum atomic E-state index is 0.118. The molecule has 0 aliphatic carbocycles. The summed E-state index contributed by atoms with van der Waals surface area (Å²) in [6.07, 6.45) is 2.79. The molecule has 0 spiro atoms. The van der Waals surface area contributed by atoms with Gasteiger partial charge in [0.25, 0.3) is 0 Å². The summed E-state index contributed by atoms with van der Waals surface area (Å²) in [4.78, 5) is 7.28. The maximum atomic E-state index is 4.96. The molecule has 24 heavy (non-hydrogen) atoms. The predicted molar refractivity (Wildman–Crippen MR) is 104 cm³/mol. The van der Waals surface area contributed by atoms with Crippen LogP contribution < -0.4 is 5.32 Å². The van der Waals surface area contributed by atoms with Gasteiger partial charge in [0.05, 0.1) is 11.7 Å². The van der Waals surface area contributed by atoms with Crippen molar-refractivity contribution in [2.75, 3.05) is 26.2 Å². The van der Waals surface area contributed by atoms with Gasteiger partial charge in [-0.2, -0.15) is 5.10 Å². The number of aliphatic imine (C=N–C) groups is 1. The van der Waals surface area contributed by atoms with Gasteiger partial charge in [0.2, 0.25) is 5.96 Å². The standard InChI is InChI=1S/C18H24BrN5/c1-4-5-17-15-12-14(19)6-7-16(15)21-18(24(17)22-13(2)3)23-10-8-20-9-11-23/h4,6-7,12,17,20H,1,5,8-11H2,2-3H3. The van der Waals surface area contributed by atoms with Gasteiger partial charge in [0.1, 0.15) is 0 Å². The molecule has 1 fully saturated rings. The zero-order valence-electron chi connectivity index (χ0n) is 14.3. The van der Waals surface area contributed by atoms with Gasteiger partial charge in [-0.15, -0.1) is 6.58 Å². The highest BCUT2D eigenvalue weighted by atomic mass is 79.9. The van der Waals surface area contributed by atoms with Gasteiger partial charge < -0.3 is 10.2 Å². The van der Waals surface area contributed by atoms with Crippen molar-refractivity contribution >= 4 is 33.3 Å². The first-order valence-corrected chi connectivity index (χ1v) is 9.15. The third-order valence-corrected chi connectivity index (χ3v) is 4.66. The highest BCUT2D eigenvalue weighted by molar-refractivity contribution is 9.10. The van der Waals surface area contributed by atoms with Gasteiger partial charge in [-0.1, -0.05) is 22.0 Å². The normalized spacial score (nSPS) is 20.3. The lowest BCUT2D eigenvalue weighted by molar-refractivity contribution is 0.248. The minimum Gasteiger partial charge on any atom is -0.338 e. The number of fused-ring (bicyclic) bond motifs is 1. The van der Waals surface area contributed by atoms with Crippen LogP contribution in [0, 0.1) is 0 Å². The van der Waals surface area contributed by atoms with E-state index in [1.54, 1.807) is 0 Å². The minimum absolute atomic E-state index is 0.118. The largest absolute Gasteiger partial charge is 0.338 e. The van der Waals surface area contributed by atoms with E-state index in [4.69, 9.17) is 10.1 Å². The molecule has 1 aromatic carbocycles. The van der Waals surface area contributed by atoms with Crippen LogP contribution in [0.3, 0.4) is 0 Å². The number of halogens is 1. The Kier molecular flexibility index (Phi) is 5.36. The number of hydrazone groups is 1. The Morgan fingerprint density at radius 1 is 1.42 bits per heavy atom. The van der Waals surface area contributed by atoms with E-state index in [1.165, 1.54) is 5.56 Å². The van der Waals surface area contributed by atoms with Crippen molar-refractivity contribution < 1.29 is 0 Å². The third kappa shape index (κ3) is 3.54. The molecular weight excluding hydrogens is 366 g/mol. The third-order valence-electron chi connectivity index (χ3n) is 4.17. The van der Waals surface area contributed by atoms with E-state index in [-0.39, 0.29) is 6.04 Å². The molecule has 2 aliphatic rings. The smallest absolute Gasteiger partial charge is 0.223 e. The second-order valence-corrected chi connectivity index (χ2v) is 7.20. The van der Waals surface area contributed by atoms with Gasteiger partial charge in [0.15, 0.2) is 0 Å². The van der Waals surface area contributed by atoms with Crippen LogP contribution in [0.2, 0.25) is 0 Å². The second kappa shape index (κ2) is 7.49. The predicted octanol–water partition coefficient (Wildman–Crippen LogP) is 3.67. The Morgan fingerprint density at radius 2 is 2.17 bits per heavy atom. The number of benzene rings is 1. The van der Waals surface area contributed by atoms with E-state index < -0.39 is 0 Å². The van der Waals surface area contributed by atoms with Gasteiger partial charge in [-0.25, -0.2) is 10.0 Å². The first kappa shape index (κ1) is 17.2. The molecule has 0 radical (unpaired) electrons. The summed E-state index contributed by atoms with van der Waals surface area (Å²) in [7, 11) is 0. The number of nitrogens with one attached hydrogen (secondary N) is 1. The first-order valence-electron chi connectivity index (χ1n) is 8.36. The number of guanidine groups is 1. The highest BCUT2D eigenvalue weighted by Crippen LogP contribution is 2.39. The molecule has 3 rings (SSSR count). The van der Waals surface area contributed by atoms with Crippen molar-refractivity contribution in [3.63, 3.8) is 0 Å². The first-order chi connectivity index (χ1) is 11.6.